The van der Waals surface area contributed by atoms with Crippen LogP contribution in [0.4, 0.5) is 0 Å². The molecule has 2 unspecified atom stereocenters. The minimum absolute atomic E-state index is 0. The lowest BCUT2D eigenvalue weighted by molar-refractivity contribution is -0.0174. The molecule has 31 heavy (non-hydrogen) atoms. The van der Waals surface area contributed by atoms with Gasteiger partial charge in [-0.1, -0.05) is 0 Å². The van der Waals surface area contributed by atoms with Gasteiger partial charge in [0.25, 0.3) is 0 Å². The molecule has 0 amide bonds. The Morgan fingerprint density at radius 3 is 2.74 bits per heavy atom. The Bertz CT molecular complexity index is 697. The van der Waals surface area contributed by atoms with E-state index in [0.717, 1.165) is 62.2 Å². The van der Waals surface area contributed by atoms with E-state index < -0.39 is 0 Å². The Hall–Kier alpha value is -1.26. The highest BCUT2D eigenvalue weighted by atomic mass is 127. The molecule has 7 nitrogen and oxygen atoms in total. The van der Waals surface area contributed by atoms with Crippen molar-refractivity contribution in [2.45, 2.75) is 64.3 Å². The second-order valence-corrected chi connectivity index (χ2v) is 8.32. The number of nitrogens with one attached hydrogen (secondary N) is 2. The van der Waals surface area contributed by atoms with Crippen LogP contribution in [-0.4, -0.2) is 69.5 Å². The molecule has 1 aromatic rings. The van der Waals surface area contributed by atoms with Crippen molar-refractivity contribution in [3.8, 4) is 11.5 Å². The molecule has 2 N–H and O–H groups in total. The maximum Gasteiger partial charge on any atom is 0.191 e. The number of hydrogen-bond acceptors (Lipinski definition) is 5. The van der Waals surface area contributed by atoms with Crippen LogP contribution < -0.4 is 20.1 Å². The lowest BCUT2D eigenvalue weighted by atomic mass is 10.1. The van der Waals surface area contributed by atoms with Crippen molar-refractivity contribution in [1.82, 2.24) is 15.5 Å². The molecule has 2 aliphatic rings. The van der Waals surface area contributed by atoms with Gasteiger partial charge in [-0.15, -0.1) is 24.0 Å². The van der Waals surface area contributed by atoms with Crippen molar-refractivity contribution < 1.29 is 14.2 Å². The van der Waals surface area contributed by atoms with Crippen molar-refractivity contribution >= 4 is 29.9 Å². The first kappa shape index (κ1) is 26.0. The number of nitrogens with zero attached hydrogens (tertiary/aromatic N) is 2. The highest BCUT2D eigenvalue weighted by molar-refractivity contribution is 14.0. The number of halogens is 1. The van der Waals surface area contributed by atoms with Gasteiger partial charge >= 0.3 is 0 Å². The van der Waals surface area contributed by atoms with Crippen LogP contribution in [0.3, 0.4) is 0 Å². The zero-order valence-electron chi connectivity index (χ0n) is 19.4. The van der Waals surface area contributed by atoms with Crippen molar-refractivity contribution in [3.63, 3.8) is 0 Å². The summed E-state index contributed by atoms with van der Waals surface area (Å²) in [5, 5.41) is 6.90. The molecular formula is C23H39IN4O3. The molecule has 0 radical (unpaired) electrons. The smallest absolute Gasteiger partial charge is 0.191 e. The molecule has 1 saturated carbocycles. The second-order valence-electron chi connectivity index (χ2n) is 8.32. The number of hydrogen-bond donors (Lipinski definition) is 2. The van der Waals surface area contributed by atoms with Crippen molar-refractivity contribution in [2.75, 3.05) is 40.5 Å². The maximum atomic E-state index is 6.31. The van der Waals surface area contributed by atoms with Gasteiger partial charge in [-0.3, -0.25) is 9.89 Å². The van der Waals surface area contributed by atoms with E-state index in [0.29, 0.717) is 24.7 Å². The SMILES string of the molecule is CN=C(NCc1ccc(OC)cc1OC1CCCC1)NCC(C)N1CCOCC1C.I. The van der Waals surface area contributed by atoms with E-state index in [-0.39, 0.29) is 24.0 Å². The van der Waals surface area contributed by atoms with E-state index in [2.05, 4.69) is 40.4 Å². The molecule has 2 atom stereocenters. The molecule has 176 valence electrons. The van der Waals surface area contributed by atoms with Crippen LogP contribution in [0.2, 0.25) is 0 Å². The molecular weight excluding hydrogens is 507 g/mol. The number of morpholine rings is 1. The quantitative estimate of drug-likeness (QED) is 0.296. The lowest BCUT2D eigenvalue weighted by Crippen LogP contribution is -2.52. The largest absolute Gasteiger partial charge is 0.497 e. The summed E-state index contributed by atoms with van der Waals surface area (Å²) in [7, 11) is 3.50. The van der Waals surface area contributed by atoms with Gasteiger partial charge in [-0.05, 0) is 51.7 Å². The molecule has 0 bridgehead atoms. The van der Waals surface area contributed by atoms with Crippen LogP contribution in [-0.2, 0) is 11.3 Å². The summed E-state index contributed by atoms with van der Waals surface area (Å²) in [5.74, 6) is 2.52. The predicted molar refractivity (Wildman–Crippen MR) is 136 cm³/mol. The zero-order chi connectivity index (χ0) is 21.3. The minimum Gasteiger partial charge on any atom is -0.497 e. The van der Waals surface area contributed by atoms with Crippen LogP contribution in [0.25, 0.3) is 0 Å². The normalized spacial score (nSPS) is 21.3. The molecule has 1 aliphatic carbocycles. The molecule has 1 aliphatic heterocycles. The average molecular weight is 546 g/mol. The van der Waals surface area contributed by atoms with Gasteiger partial charge < -0.3 is 24.8 Å². The first-order valence-electron chi connectivity index (χ1n) is 11.2. The molecule has 1 saturated heterocycles. The molecule has 1 aromatic carbocycles. The topological polar surface area (TPSA) is 67.4 Å². The molecule has 0 aromatic heterocycles. The molecule has 2 fully saturated rings. The predicted octanol–water partition coefficient (Wildman–Crippen LogP) is 3.41. The van der Waals surface area contributed by atoms with E-state index in [1.807, 2.05) is 12.1 Å². The third-order valence-electron chi connectivity index (χ3n) is 6.09. The monoisotopic (exact) mass is 546 g/mol. The van der Waals surface area contributed by atoms with Crippen molar-refractivity contribution in [1.29, 1.82) is 0 Å². The molecule has 1 heterocycles. The van der Waals surface area contributed by atoms with Gasteiger partial charge in [0.05, 0.1) is 26.4 Å². The Labute approximate surface area is 204 Å². The summed E-state index contributed by atoms with van der Waals surface area (Å²) in [5.41, 5.74) is 1.11. The Morgan fingerprint density at radius 1 is 1.29 bits per heavy atom. The van der Waals surface area contributed by atoms with Crippen LogP contribution in [0.5, 0.6) is 11.5 Å². The highest BCUT2D eigenvalue weighted by Crippen LogP contribution is 2.30. The average Bonchev–Trinajstić information content (AvgIpc) is 3.27. The third-order valence-corrected chi connectivity index (χ3v) is 6.09. The van der Waals surface area contributed by atoms with Gasteiger partial charge in [0, 0.05) is 50.4 Å². The summed E-state index contributed by atoms with van der Waals surface area (Å²) in [6, 6.07) is 6.90. The van der Waals surface area contributed by atoms with E-state index in [4.69, 9.17) is 14.2 Å². The number of benzene rings is 1. The fourth-order valence-corrected chi connectivity index (χ4v) is 4.26. The summed E-state index contributed by atoms with van der Waals surface area (Å²) in [6.45, 7) is 8.54. The van der Waals surface area contributed by atoms with Crippen LogP contribution in [0.1, 0.15) is 45.1 Å². The standard InChI is InChI=1S/C23H38N4O3.HI/c1-17(27-11-12-29-16-18(27)2)14-25-23(24-3)26-15-19-9-10-21(28-4)13-22(19)30-20-7-5-6-8-20;/h9-10,13,17-18,20H,5-8,11-12,14-16H2,1-4H3,(H2,24,25,26);1H. The lowest BCUT2D eigenvalue weighted by Gasteiger charge is -2.38. The fourth-order valence-electron chi connectivity index (χ4n) is 4.26. The van der Waals surface area contributed by atoms with E-state index >= 15 is 0 Å². The summed E-state index contributed by atoms with van der Waals surface area (Å²) in [4.78, 5) is 6.88. The summed E-state index contributed by atoms with van der Waals surface area (Å²) in [6.07, 6.45) is 5.07. The van der Waals surface area contributed by atoms with Gasteiger partial charge in [0.1, 0.15) is 11.5 Å². The Morgan fingerprint density at radius 2 is 2.06 bits per heavy atom. The van der Waals surface area contributed by atoms with Crippen molar-refractivity contribution in [2.24, 2.45) is 4.99 Å². The van der Waals surface area contributed by atoms with E-state index in [1.165, 1.54) is 12.8 Å². The summed E-state index contributed by atoms with van der Waals surface area (Å²) >= 11 is 0. The highest BCUT2D eigenvalue weighted by Gasteiger charge is 2.23. The zero-order valence-corrected chi connectivity index (χ0v) is 21.7. The van der Waals surface area contributed by atoms with Gasteiger partial charge in [0.2, 0.25) is 0 Å². The maximum absolute atomic E-state index is 6.31. The first-order chi connectivity index (χ1) is 14.6. The number of aliphatic imine (C=N–C) groups is 1. The van der Waals surface area contributed by atoms with E-state index in [1.54, 1.807) is 14.2 Å². The van der Waals surface area contributed by atoms with Crippen LogP contribution in [0, 0.1) is 0 Å². The number of guanidine groups is 1. The fraction of sp³-hybridized carbons (Fsp3) is 0.696. The Balaban J connectivity index is 0.00000341. The van der Waals surface area contributed by atoms with Crippen LogP contribution in [0.15, 0.2) is 23.2 Å². The number of methoxy groups -OCH3 is 1. The summed E-state index contributed by atoms with van der Waals surface area (Å²) < 4.78 is 17.3. The van der Waals surface area contributed by atoms with Gasteiger partial charge in [-0.25, -0.2) is 0 Å². The number of rotatable bonds is 8. The van der Waals surface area contributed by atoms with Gasteiger partial charge in [0.15, 0.2) is 5.96 Å². The van der Waals surface area contributed by atoms with Gasteiger partial charge in [-0.2, -0.15) is 0 Å². The molecule has 8 heteroatoms. The minimum atomic E-state index is 0. The second kappa shape index (κ2) is 13.3. The first-order valence-corrected chi connectivity index (χ1v) is 11.2. The number of ether oxygens (including phenoxy) is 3. The van der Waals surface area contributed by atoms with Crippen LogP contribution >= 0.6 is 24.0 Å². The van der Waals surface area contributed by atoms with Crippen molar-refractivity contribution in [3.05, 3.63) is 23.8 Å². The van der Waals surface area contributed by atoms with E-state index in [9.17, 15) is 0 Å². The Kier molecular flexibility index (Phi) is 11.2. The molecule has 3 rings (SSSR count). The third kappa shape index (κ3) is 7.68. The molecule has 0 spiro atoms.